The van der Waals surface area contributed by atoms with Crippen LogP contribution in [0.5, 0.6) is 0 Å². The first-order chi connectivity index (χ1) is 10.1. The third-order valence-corrected chi connectivity index (χ3v) is 4.24. The van der Waals surface area contributed by atoms with Crippen molar-refractivity contribution in [1.29, 1.82) is 0 Å². The van der Waals surface area contributed by atoms with E-state index >= 15 is 0 Å². The van der Waals surface area contributed by atoms with Crippen LogP contribution in [0.25, 0.3) is 0 Å². The van der Waals surface area contributed by atoms with Crippen LogP contribution in [0.2, 0.25) is 0 Å². The molecule has 5 heteroatoms. The van der Waals surface area contributed by atoms with Crippen LogP contribution in [0.3, 0.4) is 0 Å². The van der Waals surface area contributed by atoms with Gasteiger partial charge in [-0.3, -0.25) is 4.79 Å². The Hall–Kier alpha value is -1.49. The molecule has 1 aromatic carbocycles. The highest BCUT2D eigenvalue weighted by molar-refractivity contribution is 7.80. The molecule has 0 bridgehead atoms. The van der Waals surface area contributed by atoms with Crippen LogP contribution in [0, 0.1) is 11.7 Å². The van der Waals surface area contributed by atoms with Crippen LogP contribution in [-0.4, -0.2) is 10.9 Å². The summed E-state index contributed by atoms with van der Waals surface area (Å²) in [5, 5.41) is 2.78. The Morgan fingerprint density at radius 3 is 2.71 bits per heavy atom. The van der Waals surface area contributed by atoms with Crippen LogP contribution in [-0.2, 0) is 4.79 Å². The topological polar surface area (TPSA) is 55.1 Å². The summed E-state index contributed by atoms with van der Waals surface area (Å²) in [6, 6.07) is 4.27. The van der Waals surface area contributed by atoms with Gasteiger partial charge in [-0.1, -0.05) is 44.3 Å². The number of amides is 1. The molecule has 0 spiro atoms. The molecule has 0 aromatic heterocycles. The molecule has 2 rings (SSSR count). The van der Waals surface area contributed by atoms with Gasteiger partial charge in [0.25, 0.3) is 0 Å². The maximum absolute atomic E-state index is 13.5. The van der Waals surface area contributed by atoms with Crippen molar-refractivity contribution in [2.75, 3.05) is 5.32 Å². The number of hydrogen-bond acceptors (Lipinski definition) is 2. The van der Waals surface area contributed by atoms with Gasteiger partial charge in [0.2, 0.25) is 5.91 Å². The summed E-state index contributed by atoms with van der Waals surface area (Å²) in [5.41, 5.74) is 6.15. The van der Waals surface area contributed by atoms with Crippen LogP contribution >= 0.6 is 12.2 Å². The smallest absolute Gasteiger partial charge is 0.224 e. The molecule has 1 amide bonds. The van der Waals surface area contributed by atoms with Gasteiger partial charge in [0, 0.05) is 17.7 Å². The fourth-order valence-electron chi connectivity index (χ4n) is 2.83. The molecular formula is C16H21FN2OS. The van der Waals surface area contributed by atoms with Gasteiger partial charge in [0.05, 0.1) is 0 Å². The Labute approximate surface area is 130 Å². The SMILES string of the molecule is NC(=S)c1cc(NC(=O)CCC2CCCCC2)ccc1F. The third-order valence-electron chi connectivity index (χ3n) is 4.02. The number of anilines is 1. The van der Waals surface area contributed by atoms with E-state index in [1.165, 1.54) is 50.3 Å². The Morgan fingerprint density at radius 1 is 1.33 bits per heavy atom. The molecule has 0 atom stereocenters. The third kappa shape index (κ3) is 4.77. The van der Waals surface area contributed by atoms with Gasteiger partial charge in [-0.05, 0) is 30.5 Å². The Bertz CT molecular complexity index is 527. The number of nitrogens with one attached hydrogen (secondary N) is 1. The van der Waals surface area contributed by atoms with E-state index in [2.05, 4.69) is 5.32 Å². The lowest BCUT2D eigenvalue weighted by molar-refractivity contribution is -0.116. The molecule has 1 aromatic rings. The predicted octanol–water partition coefficient (Wildman–Crippen LogP) is 3.76. The van der Waals surface area contributed by atoms with Crippen LogP contribution in [0.4, 0.5) is 10.1 Å². The quantitative estimate of drug-likeness (QED) is 0.814. The monoisotopic (exact) mass is 308 g/mol. The highest BCUT2D eigenvalue weighted by Gasteiger charge is 2.15. The number of benzene rings is 1. The summed E-state index contributed by atoms with van der Waals surface area (Å²) >= 11 is 4.78. The first-order valence-corrected chi connectivity index (χ1v) is 7.86. The van der Waals surface area contributed by atoms with Crippen LogP contribution < -0.4 is 11.1 Å². The van der Waals surface area contributed by atoms with Gasteiger partial charge in [-0.25, -0.2) is 4.39 Å². The van der Waals surface area contributed by atoms with E-state index in [1.807, 2.05) is 0 Å². The molecule has 3 nitrogen and oxygen atoms in total. The van der Waals surface area contributed by atoms with Crippen molar-refractivity contribution >= 4 is 28.8 Å². The molecule has 0 unspecified atom stereocenters. The van der Waals surface area contributed by atoms with Crippen molar-refractivity contribution in [2.24, 2.45) is 11.7 Å². The van der Waals surface area contributed by atoms with Gasteiger partial charge < -0.3 is 11.1 Å². The minimum atomic E-state index is -0.470. The van der Waals surface area contributed by atoms with Crippen LogP contribution in [0.1, 0.15) is 50.5 Å². The van der Waals surface area contributed by atoms with Crippen molar-refractivity contribution in [3.8, 4) is 0 Å². The average Bonchev–Trinajstić information content (AvgIpc) is 2.48. The maximum Gasteiger partial charge on any atom is 0.224 e. The molecule has 114 valence electrons. The second-order valence-electron chi connectivity index (χ2n) is 5.65. The summed E-state index contributed by atoms with van der Waals surface area (Å²) in [6.45, 7) is 0. The van der Waals surface area contributed by atoms with E-state index in [-0.39, 0.29) is 16.5 Å². The van der Waals surface area contributed by atoms with Crippen LogP contribution in [0.15, 0.2) is 18.2 Å². The standard InChI is InChI=1S/C16H21FN2OS/c17-14-8-7-12(10-13(14)16(18)21)19-15(20)9-6-11-4-2-1-3-5-11/h7-8,10-11H,1-6,9H2,(H2,18,21)(H,19,20). The fraction of sp³-hybridized carbons (Fsp3) is 0.500. The first kappa shape index (κ1) is 15.9. The highest BCUT2D eigenvalue weighted by Crippen LogP contribution is 2.27. The summed E-state index contributed by atoms with van der Waals surface area (Å²) in [6.07, 6.45) is 7.77. The molecule has 1 aliphatic carbocycles. The number of nitrogens with two attached hydrogens (primary N) is 1. The second kappa shape index (κ2) is 7.50. The zero-order valence-electron chi connectivity index (χ0n) is 12.0. The van der Waals surface area contributed by atoms with Crippen molar-refractivity contribution in [3.05, 3.63) is 29.6 Å². The lowest BCUT2D eigenvalue weighted by atomic mass is 9.86. The lowest BCUT2D eigenvalue weighted by Crippen LogP contribution is -2.16. The van der Waals surface area contributed by atoms with Gasteiger partial charge in [0.15, 0.2) is 0 Å². The molecule has 1 fully saturated rings. The number of halogens is 1. The molecule has 1 saturated carbocycles. The van der Waals surface area contributed by atoms with Gasteiger partial charge in [-0.2, -0.15) is 0 Å². The van der Waals surface area contributed by atoms with Crippen molar-refractivity contribution in [3.63, 3.8) is 0 Å². The predicted molar refractivity (Wildman–Crippen MR) is 86.7 cm³/mol. The second-order valence-corrected chi connectivity index (χ2v) is 6.09. The largest absolute Gasteiger partial charge is 0.389 e. The number of carbonyl (C=O) groups is 1. The maximum atomic E-state index is 13.5. The molecule has 0 radical (unpaired) electrons. The molecule has 3 N–H and O–H groups in total. The number of thiocarbonyl (C=S) groups is 1. The van der Waals surface area contributed by atoms with Crippen molar-refractivity contribution in [1.82, 2.24) is 0 Å². The summed E-state index contributed by atoms with van der Waals surface area (Å²) < 4.78 is 13.5. The molecule has 21 heavy (non-hydrogen) atoms. The summed E-state index contributed by atoms with van der Waals surface area (Å²) in [7, 11) is 0. The van der Waals surface area contributed by atoms with E-state index in [0.29, 0.717) is 18.0 Å². The highest BCUT2D eigenvalue weighted by atomic mass is 32.1. The lowest BCUT2D eigenvalue weighted by Gasteiger charge is -2.21. The average molecular weight is 308 g/mol. The number of rotatable bonds is 5. The van der Waals surface area contributed by atoms with E-state index in [0.717, 1.165) is 6.42 Å². The Balaban J connectivity index is 1.87. The van der Waals surface area contributed by atoms with Crippen molar-refractivity contribution < 1.29 is 9.18 Å². The molecule has 0 heterocycles. The van der Waals surface area contributed by atoms with Gasteiger partial charge >= 0.3 is 0 Å². The summed E-state index contributed by atoms with van der Waals surface area (Å²) in [5.74, 6) is 0.161. The van der Waals surface area contributed by atoms with E-state index < -0.39 is 5.82 Å². The molecule has 0 saturated heterocycles. The fourth-order valence-corrected chi connectivity index (χ4v) is 2.98. The first-order valence-electron chi connectivity index (χ1n) is 7.45. The number of hydrogen-bond donors (Lipinski definition) is 2. The number of carbonyl (C=O) groups excluding carboxylic acids is 1. The van der Waals surface area contributed by atoms with E-state index in [9.17, 15) is 9.18 Å². The minimum absolute atomic E-state index is 0.00851. The van der Waals surface area contributed by atoms with Crippen molar-refractivity contribution in [2.45, 2.75) is 44.9 Å². The van der Waals surface area contributed by atoms with Gasteiger partial charge in [-0.15, -0.1) is 0 Å². The normalized spacial score (nSPS) is 15.7. The molecule has 0 aliphatic heterocycles. The zero-order chi connectivity index (χ0) is 15.2. The van der Waals surface area contributed by atoms with Gasteiger partial charge in [0.1, 0.15) is 10.8 Å². The molecule has 1 aliphatic rings. The summed E-state index contributed by atoms with van der Waals surface area (Å²) in [4.78, 5) is 11.9. The Kier molecular flexibility index (Phi) is 5.67. The molecular weight excluding hydrogens is 287 g/mol. The minimum Gasteiger partial charge on any atom is -0.389 e. The van der Waals surface area contributed by atoms with E-state index in [1.54, 1.807) is 0 Å². The van der Waals surface area contributed by atoms with E-state index in [4.69, 9.17) is 18.0 Å². The Morgan fingerprint density at radius 2 is 2.05 bits per heavy atom. The zero-order valence-corrected chi connectivity index (χ0v) is 12.8.